The van der Waals surface area contributed by atoms with Crippen molar-refractivity contribution >= 4 is 22.6 Å². The molecule has 1 aliphatic rings. The number of nitrogens with zero attached hydrogens (tertiary/aromatic N) is 3. The molecule has 0 saturated carbocycles. The van der Waals surface area contributed by atoms with Crippen molar-refractivity contribution < 1.29 is 4.21 Å². The summed E-state index contributed by atoms with van der Waals surface area (Å²) in [6.07, 6.45) is 1.73. The topological polar surface area (TPSA) is 72.1 Å². The van der Waals surface area contributed by atoms with Gasteiger partial charge in [-0.25, -0.2) is 4.98 Å². The van der Waals surface area contributed by atoms with Gasteiger partial charge in [-0.2, -0.15) is 4.98 Å². The van der Waals surface area contributed by atoms with Crippen molar-refractivity contribution in [3.63, 3.8) is 0 Å². The van der Waals surface area contributed by atoms with Gasteiger partial charge >= 0.3 is 0 Å². The summed E-state index contributed by atoms with van der Waals surface area (Å²) in [6, 6.07) is 0. The third-order valence-electron chi connectivity index (χ3n) is 2.44. The second-order valence-electron chi connectivity index (χ2n) is 3.57. The molecule has 6 heteroatoms. The highest BCUT2D eigenvalue weighted by molar-refractivity contribution is 7.85. The summed E-state index contributed by atoms with van der Waals surface area (Å²) < 4.78 is 11.2. The lowest BCUT2D eigenvalue weighted by atomic mass is 10.3. The van der Waals surface area contributed by atoms with Crippen LogP contribution in [0.2, 0.25) is 0 Å². The number of nitrogen functional groups attached to an aromatic ring is 1. The van der Waals surface area contributed by atoms with E-state index < -0.39 is 10.8 Å². The molecule has 0 atom stereocenters. The molecular weight excluding hydrogens is 212 g/mol. The number of nitrogens with two attached hydrogens (primary N) is 1. The van der Waals surface area contributed by atoms with E-state index in [2.05, 4.69) is 14.9 Å². The summed E-state index contributed by atoms with van der Waals surface area (Å²) >= 11 is 0. The third kappa shape index (κ3) is 2.26. The molecule has 0 aromatic carbocycles. The van der Waals surface area contributed by atoms with Gasteiger partial charge in [-0.15, -0.1) is 0 Å². The van der Waals surface area contributed by atoms with E-state index in [0.29, 0.717) is 17.5 Å². The molecule has 82 valence electrons. The Kier molecular flexibility index (Phi) is 2.86. The lowest BCUT2D eigenvalue weighted by Crippen LogP contribution is -2.38. The molecule has 0 amide bonds. The molecule has 0 unspecified atom stereocenters. The summed E-state index contributed by atoms with van der Waals surface area (Å²) in [5, 5.41) is 0. The third-order valence-corrected chi connectivity index (χ3v) is 3.72. The highest BCUT2D eigenvalue weighted by Gasteiger charge is 2.18. The molecule has 2 heterocycles. The fourth-order valence-corrected chi connectivity index (χ4v) is 2.67. The van der Waals surface area contributed by atoms with Gasteiger partial charge in [-0.1, -0.05) is 0 Å². The SMILES string of the molecule is Cc1cnc(N)nc1N1CCS(=O)CC1. The van der Waals surface area contributed by atoms with E-state index in [1.54, 1.807) is 6.20 Å². The first-order chi connectivity index (χ1) is 7.16. The Labute approximate surface area is 91.2 Å². The zero-order valence-electron chi connectivity index (χ0n) is 8.64. The predicted octanol–water partition coefficient (Wildman–Crippen LogP) is -0.0641. The van der Waals surface area contributed by atoms with Crippen LogP contribution in [0, 0.1) is 6.92 Å². The van der Waals surface area contributed by atoms with E-state index in [1.165, 1.54) is 0 Å². The molecule has 2 rings (SSSR count). The molecule has 0 bridgehead atoms. The van der Waals surface area contributed by atoms with Gasteiger partial charge in [0.25, 0.3) is 0 Å². The van der Waals surface area contributed by atoms with Crippen LogP contribution in [0.3, 0.4) is 0 Å². The van der Waals surface area contributed by atoms with E-state index in [1.807, 2.05) is 6.92 Å². The van der Waals surface area contributed by atoms with Crippen molar-refractivity contribution in [1.82, 2.24) is 9.97 Å². The van der Waals surface area contributed by atoms with E-state index >= 15 is 0 Å². The van der Waals surface area contributed by atoms with Crippen molar-refractivity contribution in [3.8, 4) is 0 Å². The van der Waals surface area contributed by atoms with Crippen LogP contribution >= 0.6 is 0 Å². The zero-order valence-corrected chi connectivity index (χ0v) is 9.46. The number of anilines is 2. The van der Waals surface area contributed by atoms with Crippen LogP contribution in [0.15, 0.2) is 6.20 Å². The Morgan fingerprint density at radius 2 is 2.13 bits per heavy atom. The summed E-state index contributed by atoms with van der Waals surface area (Å²) in [7, 11) is -0.663. The summed E-state index contributed by atoms with van der Waals surface area (Å²) in [4.78, 5) is 10.3. The molecule has 1 aliphatic heterocycles. The summed E-state index contributed by atoms with van der Waals surface area (Å²) in [5.41, 5.74) is 6.56. The van der Waals surface area contributed by atoms with Gasteiger partial charge in [-0.3, -0.25) is 4.21 Å². The average molecular weight is 226 g/mol. The molecule has 0 radical (unpaired) electrons. The van der Waals surface area contributed by atoms with Crippen LogP contribution in [-0.2, 0) is 10.8 Å². The quantitative estimate of drug-likeness (QED) is 0.726. The first-order valence-electron chi connectivity index (χ1n) is 4.86. The van der Waals surface area contributed by atoms with Gasteiger partial charge in [0, 0.05) is 47.2 Å². The van der Waals surface area contributed by atoms with E-state index in [0.717, 1.165) is 24.5 Å². The minimum Gasteiger partial charge on any atom is -0.368 e. The van der Waals surface area contributed by atoms with Crippen molar-refractivity contribution in [2.24, 2.45) is 0 Å². The Balaban J connectivity index is 2.21. The Bertz CT molecular complexity index is 386. The number of rotatable bonds is 1. The van der Waals surface area contributed by atoms with Crippen LogP contribution in [0.5, 0.6) is 0 Å². The molecule has 1 saturated heterocycles. The summed E-state index contributed by atoms with van der Waals surface area (Å²) in [5.74, 6) is 2.59. The van der Waals surface area contributed by atoms with E-state index in [-0.39, 0.29) is 0 Å². The summed E-state index contributed by atoms with van der Waals surface area (Å²) in [6.45, 7) is 3.52. The van der Waals surface area contributed by atoms with Gasteiger partial charge in [0.1, 0.15) is 5.82 Å². The second kappa shape index (κ2) is 4.14. The molecular formula is C9H14N4OS. The Hall–Kier alpha value is -1.17. The van der Waals surface area contributed by atoms with Gasteiger partial charge < -0.3 is 10.6 Å². The van der Waals surface area contributed by atoms with Crippen molar-refractivity contribution in [1.29, 1.82) is 0 Å². The molecule has 5 nitrogen and oxygen atoms in total. The Morgan fingerprint density at radius 3 is 2.80 bits per heavy atom. The maximum absolute atomic E-state index is 11.2. The van der Waals surface area contributed by atoms with Crippen molar-refractivity contribution in [3.05, 3.63) is 11.8 Å². The van der Waals surface area contributed by atoms with Gasteiger partial charge in [0.05, 0.1) is 0 Å². The smallest absolute Gasteiger partial charge is 0.221 e. The first kappa shape index (κ1) is 10.4. The number of hydrogen-bond acceptors (Lipinski definition) is 5. The van der Waals surface area contributed by atoms with Crippen LogP contribution in [0.25, 0.3) is 0 Å². The maximum Gasteiger partial charge on any atom is 0.221 e. The molecule has 1 aromatic rings. The predicted molar refractivity (Wildman–Crippen MR) is 61.3 cm³/mol. The molecule has 1 fully saturated rings. The van der Waals surface area contributed by atoms with E-state index in [4.69, 9.17) is 5.73 Å². The van der Waals surface area contributed by atoms with Crippen LogP contribution < -0.4 is 10.6 Å². The number of hydrogen-bond donors (Lipinski definition) is 1. The van der Waals surface area contributed by atoms with Gasteiger partial charge in [0.15, 0.2) is 0 Å². The monoisotopic (exact) mass is 226 g/mol. The second-order valence-corrected chi connectivity index (χ2v) is 5.27. The lowest BCUT2D eigenvalue weighted by molar-refractivity contribution is 0.672. The first-order valence-corrected chi connectivity index (χ1v) is 6.34. The zero-order chi connectivity index (χ0) is 10.8. The van der Waals surface area contributed by atoms with Gasteiger partial charge in [0.2, 0.25) is 5.95 Å². The molecule has 0 spiro atoms. The minimum atomic E-state index is -0.663. The largest absolute Gasteiger partial charge is 0.368 e. The van der Waals surface area contributed by atoms with Crippen LogP contribution in [0.4, 0.5) is 11.8 Å². The van der Waals surface area contributed by atoms with Crippen LogP contribution in [0.1, 0.15) is 5.56 Å². The standard InChI is InChI=1S/C9H14N4OS/c1-7-6-11-9(10)12-8(7)13-2-4-15(14)5-3-13/h6H,2-5H2,1H3,(H2,10,11,12). The number of aromatic nitrogens is 2. The van der Waals surface area contributed by atoms with Crippen LogP contribution in [-0.4, -0.2) is 38.8 Å². The fourth-order valence-electron chi connectivity index (χ4n) is 1.62. The number of aryl methyl sites for hydroxylation is 1. The lowest BCUT2D eigenvalue weighted by Gasteiger charge is -2.28. The van der Waals surface area contributed by atoms with Crippen molar-refractivity contribution in [2.45, 2.75) is 6.92 Å². The average Bonchev–Trinajstić information content (AvgIpc) is 2.23. The minimum absolute atomic E-state index is 0.294. The molecule has 15 heavy (non-hydrogen) atoms. The maximum atomic E-state index is 11.2. The van der Waals surface area contributed by atoms with Gasteiger partial charge in [-0.05, 0) is 6.92 Å². The Morgan fingerprint density at radius 1 is 1.47 bits per heavy atom. The van der Waals surface area contributed by atoms with Crippen molar-refractivity contribution in [2.75, 3.05) is 35.2 Å². The normalized spacial score (nSPS) is 18.1. The van der Waals surface area contributed by atoms with E-state index in [9.17, 15) is 4.21 Å². The highest BCUT2D eigenvalue weighted by atomic mass is 32.2. The molecule has 1 aromatic heterocycles. The fraction of sp³-hybridized carbons (Fsp3) is 0.556. The molecule has 0 aliphatic carbocycles. The molecule has 2 N–H and O–H groups in total. The highest BCUT2D eigenvalue weighted by Crippen LogP contribution is 2.18.